The molecule has 0 unspecified atom stereocenters. The van der Waals surface area contributed by atoms with Gasteiger partial charge >= 0.3 is 0 Å². The van der Waals surface area contributed by atoms with E-state index >= 15 is 0 Å². The maximum atomic E-state index is 9.91. The molecule has 0 aliphatic rings. The fourth-order valence-corrected chi connectivity index (χ4v) is 2.40. The molecular formula is C15H26Cl2N2O2+2. The van der Waals surface area contributed by atoms with Crippen LogP contribution in [-0.4, -0.2) is 50.5 Å². The van der Waals surface area contributed by atoms with Crippen molar-refractivity contribution >= 4 is 23.2 Å². The van der Waals surface area contributed by atoms with E-state index in [-0.39, 0.29) is 6.61 Å². The largest absolute Gasteiger partial charge is 0.489 e. The highest BCUT2D eigenvalue weighted by Crippen LogP contribution is 2.27. The monoisotopic (exact) mass is 336 g/mol. The Hall–Kier alpha value is -0.520. The SMILES string of the molecule is CC[NH+](CC)CC[NH2+]C[C@@H](O)COc1cc(Cl)ccc1Cl. The number of benzene rings is 1. The van der Waals surface area contributed by atoms with Crippen LogP contribution in [0.5, 0.6) is 5.75 Å². The lowest BCUT2D eigenvalue weighted by Crippen LogP contribution is -3.14. The van der Waals surface area contributed by atoms with Crippen LogP contribution in [-0.2, 0) is 0 Å². The van der Waals surface area contributed by atoms with Gasteiger partial charge in [0.1, 0.15) is 38.1 Å². The first kappa shape index (κ1) is 18.5. The minimum absolute atomic E-state index is 0.217. The maximum absolute atomic E-state index is 9.91. The van der Waals surface area contributed by atoms with Crippen molar-refractivity contribution in [3.05, 3.63) is 28.2 Å². The molecule has 1 aromatic carbocycles. The first-order valence-corrected chi connectivity index (χ1v) is 8.23. The van der Waals surface area contributed by atoms with Gasteiger partial charge in [-0.15, -0.1) is 0 Å². The Morgan fingerprint density at radius 1 is 1.29 bits per heavy atom. The molecule has 0 aromatic heterocycles. The van der Waals surface area contributed by atoms with Crippen LogP contribution in [0.4, 0.5) is 0 Å². The van der Waals surface area contributed by atoms with Gasteiger partial charge in [-0.25, -0.2) is 0 Å². The lowest BCUT2D eigenvalue weighted by molar-refractivity contribution is -0.909. The van der Waals surface area contributed by atoms with Gasteiger partial charge in [0.15, 0.2) is 0 Å². The van der Waals surface area contributed by atoms with Gasteiger partial charge in [-0.3, -0.25) is 0 Å². The Morgan fingerprint density at radius 2 is 2.00 bits per heavy atom. The number of nitrogens with one attached hydrogen (secondary N) is 1. The third-order valence-electron chi connectivity index (χ3n) is 3.47. The van der Waals surface area contributed by atoms with E-state index in [1.54, 1.807) is 23.1 Å². The van der Waals surface area contributed by atoms with Gasteiger partial charge in [0.25, 0.3) is 0 Å². The number of rotatable bonds is 10. The third-order valence-corrected chi connectivity index (χ3v) is 4.01. The number of likely N-dealkylation sites (N-methyl/N-ethyl adjacent to an activating group) is 1. The molecule has 0 saturated heterocycles. The summed E-state index contributed by atoms with van der Waals surface area (Å²) in [7, 11) is 0. The fourth-order valence-electron chi connectivity index (χ4n) is 2.06. The van der Waals surface area contributed by atoms with E-state index in [2.05, 4.69) is 19.2 Å². The zero-order chi connectivity index (χ0) is 15.7. The van der Waals surface area contributed by atoms with Gasteiger partial charge in [0.2, 0.25) is 0 Å². The van der Waals surface area contributed by atoms with Crippen LogP contribution < -0.4 is 15.0 Å². The standard InChI is InChI=1S/C15H24Cl2N2O2/c1-3-19(4-2)8-7-18-10-13(20)11-21-15-9-12(16)5-6-14(15)17/h5-6,9,13,18,20H,3-4,7-8,10-11H2,1-2H3/p+2/t13-/m1/s1. The second-order valence-electron chi connectivity index (χ2n) is 5.06. The fraction of sp³-hybridized carbons (Fsp3) is 0.600. The minimum atomic E-state index is -0.522. The van der Waals surface area contributed by atoms with Crippen molar-refractivity contribution in [1.82, 2.24) is 0 Å². The summed E-state index contributed by atoms with van der Waals surface area (Å²) in [5.74, 6) is 0.510. The number of halogens is 2. The van der Waals surface area contributed by atoms with E-state index in [1.165, 1.54) is 0 Å². The predicted molar refractivity (Wildman–Crippen MR) is 86.5 cm³/mol. The molecule has 0 bridgehead atoms. The van der Waals surface area contributed by atoms with Crippen LogP contribution >= 0.6 is 23.2 Å². The first-order valence-electron chi connectivity index (χ1n) is 7.47. The van der Waals surface area contributed by atoms with E-state index in [4.69, 9.17) is 27.9 Å². The molecule has 0 amide bonds. The minimum Gasteiger partial charge on any atom is -0.489 e. The summed E-state index contributed by atoms with van der Waals surface area (Å²) < 4.78 is 5.51. The molecule has 120 valence electrons. The van der Waals surface area contributed by atoms with Gasteiger partial charge in [0, 0.05) is 11.1 Å². The maximum Gasteiger partial charge on any atom is 0.139 e. The summed E-state index contributed by atoms with van der Waals surface area (Å²) in [5, 5.41) is 13.1. The number of ether oxygens (including phenoxy) is 1. The molecule has 1 atom stereocenters. The summed E-state index contributed by atoms with van der Waals surface area (Å²) in [6.07, 6.45) is -0.522. The second-order valence-corrected chi connectivity index (χ2v) is 5.90. The van der Waals surface area contributed by atoms with Crippen molar-refractivity contribution < 1.29 is 20.1 Å². The van der Waals surface area contributed by atoms with Crippen molar-refractivity contribution in [2.75, 3.05) is 39.3 Å². The molecule has 6 heteroatoms. The highest BCUT2D eigenvalue weighted by atomic mass is 35.5. The lowest BCUT2D eigenvalue weighted by atomic mass is 10.3. The molecule has 0 aliphatic carbocycles. The lowest BCUT2D eigenvalue weighted by Gasteiger charge is -2.15. The average molecular weight is 337 g/mol. The zero-order valence-corrected chi connectivity index (χ0v) is 14.3. The van der Waals surface area contributed by atoms with Crippen LogP contribution in [0, 0.1) is 0 Å². The molecule has 1 aromatic rings. The molecule has 1 rings (SSSR count). The van der Waals surface area contributed by atoms with E-state index in [0.717, 1.165) is 26.2 Å². The molecule has 0 heterocycles. The number of aliphatic hydroxyl groups excluding tert-OH is 1. The number of nitrogens with two attached hydrogens (primary N) is 1. The van der Waals surface area contributed by atoms with Gasteiger partial charge in [-0.2, -0.15) is 0 Å². The van der Waals surface area contributed by atoms with Crippen LogP contribution in [0.15, 0.2) is 18.2 Å². The molecule has 0 aliphatic heterocycles. The highest BCUT2D eigenvalue weighted by Gasteiger charge is 2.10. The van der Waals surface area contributed by atoms with Gasteiger partial charge < -0.3 is 20.1 Å². The molecule has 21 heavy (non-hydrogen) atoms. The molecule has 4 N–H and O–H groups in total. The van der Waals surface area contributed by atoms with Gasteiger partial charge in [-0.1, -0.05) is 23.2 Å². The topological polar surface area (TPSA) is 50.5 Å². The Morgan fingerprint density at radius 3 is 2.67 bits per heavy atom. The van der Waals surface area contributed by atoms with Crippen molar-refractivity contribution in [3.63, 3.8) is 0 Å². The normalized spacial score (nSPS) is 12.7. The number of quaternary nitrogens is 2. The van der Waals surface area contributed by atoms with Gasteiger partial charge in [0.05, 0.1) is 18.1 Å². The highest BCUT2D eigenvalue weighted by molar-refractivity contribution is 6.34. The molecule has 0 spiro atoms. The van der Waals surface area contributed by atoms with Crippen molar-refractivity contribution in [2.24, 2.45) is 0 Å². The Kier molecular flexibility index (Phi) is 9.04. The van der Waals surface area contributed by atoms with Crippen LogP contribution in [0.1, 0.15) is 13.8 Å². The van der Waals surface area contributed by atoms with Crippen LogP contribution in [0.2, 0.25) is 10.0 Å². The molecule has 0 radical (unpaired) electrons. The third kappa shape index (κ3) is 7.34. The van der Waals surface area contributed by atoms with E-state index in [0.29, 0.717) is 22.3 Å². The van der Waals surface area contributed by atoms with Crippen LogP contribution in [0.25, 0.3) is 0 Å². The van der Waals surface area contributed by atoms with Crippen molar-refractivity contribution in [2.45, 2.75) is 20.0 Å². The zero-order valence-electron chi connectivity index (χ0n) is 12.7. The van der Waals surface area contributed by atoms with Crippen molar-refractivity contribution in [1.29, 1.82) is 0 Å². The van der Waals surface area contributed by atoms with Gasteiger partial charge in [-0.05, 0) is 26.0 Å². The first-order chi connectivity index (χ1) is 10.1. The quantitative estimate of drug-likeness (QED) is 0.535. The number of hydrogen-bond acceptors (Lipinski definition) is 2. The molecule has 0 saturated carbocycles. The molecule has 4 nitrogen and oxygen atoms in total. The smallest absolute Gasteiger partial charge is 0.139 e. The Bertz CT molecular complexity index is 415. The van der Waals surface area contributed by atoms with Crippen molar-refractivity contribution in [3.8, 4) is 5.75 Å². The molecule has 0 fully saturated rings. The van der Waals surface area contributed by atoms with E-state index in [1.807, 2.05) is 0 Å². The Labute approximate surface area is 137 Å². The second kappa shape index (κ2) is 10.2. The summed E-state index contributed by atoms with van der Waals surface area (Å²) in [5.41, 5.74) is 0. The summed E-state index contributed by atoms with van der Waals surface area (Å²) >= 11 is 11.9. The summed E-state index contributed by atoms with van der Waals surface area (Å²) in [6, 6.07) is 5.05. The van der Waals surface area contributed by atoms with E-state index < -0.39 is 6.10 Å². The van der Waals surface area contributed by atoms with Crippen LogP contribution in [0.3, 0.4) is 0 Å². The average Bonchev–Trinajstić information content (AvgIpc) is 2.48. The number of aliphatic hydroxyl groups is 1. The summed E-state index contributed by atoms with van der Waals surface area (Å²) in [6.45, 7) is 9.62. The van der Waals surface area contributed by atoms with E-state index in [9.17, 15) is 5.11 Å². The summed E-state index contributed by atoms with van der Waals surface area (Å²) in [4.78, 5) is 1.57. The Balaban J connectivity index is 2.22. The molecular weight excluding hydrogens is 311 g/mol. The number of hydrogen-bond donors (Lipinski definition) is 3. The predicted octanol–water partition coefficient (Wildman–Crippen LogP) is 0.221.